The summed E-state index contributed by atoms with van der Waals surface area (Å²) < 4.78 is 5.33. The second-order valence-electron chi connectivity index (χ2n) is 8.22. The minimum Gasteiger partial charge on any atom is -0.459 e. The van der Waals surface area contributed by atoms with E-state index in [1.807, 2.05) is 17.0 Å². The summed E-state index contributed by atoms with van der Waals surface area (Å²) in [5, 5.41) is 3.14. The summed E-state index contributed by atoms with van der Waals surface area (Å²) >= 11 is 0. The molecule has 2 aromatic heterocycles. The molecule has 1 N–H and O–H groups in total. The van der Waals surface area contributed by atoms with Gasteiger partial charge >= 0.3 is 0 Å². The number of aromatic nitrogens is 1. The summed E-state index contributed by atoms with van der Waals surface area (Å²) in [7, 11) is 0. The highest BCUT2D eigenvalue weighted by Gasteiger charge is 2.39. The number of nitrogens with zero attached hydrogens (tertiary/aromatic N) is 3. The molecule has 0 saturated carbocycles. The van der Waals surface area contributed by atoms with Gasteiger partial charge in [-0.1, -0.05) is 12.8 Å². The van der Waals surface area contributed by atoms with Crippen LogP contribution in [0.4, 0.5) is 0 Å². The van der Waals surface area contributed by atoms with Gasteiger partial charge in [0.05, 0.1) is 12.2 Å². The van der Waals surface area contributed by atoms with Crippen molar-refractivity contribution in [2.75, 3.05) is 26.2 Å². The fraction of sp³-hybridized carbons (Fsp3) is 0.522. The van der Waals surface area contributed by atoms with Gasteiger partial charge in [-0.05, 0) is 55.6 Å². The van der Waals surface area contributed by atoms with Crippen molar-refractivity contribution in [1.82, 2.24) is 20.1 Å². The van der Waals surface area contributed by atoms with E-state index in [4.69, 9.17) is 4.42 Å². The highest BCUT2D eigenvalue weighted by atomic mass is 16.3. The molecular weight excluding hydrogens is 380 g/mol. The van der Waals surface area contributed by atoms with E-state index in [-0.39, 0.29) is 23.8 Å². The summed E-state index contributed by atoms with van der Waals surface area (Å²) in [5.41, 5.74) is 1.17. The number of furan rings is 1. The number of pyridine rings is 1. The molecule has 4 rings (SSSR count). The molecule has 7 nitrogen and oxygen atoms in total. The largest absolute Gasteiger partial charge is 0.459 e. The van der Waals surface area contributed by atoms with E-state index in [0.29, 0.717) is 25.3 Å². The third kappa shape index (κ3) is 4.90. The Hall–Kier alpha value is -2.67. The zero-order chi connectivity index (χ0) is 20.8. The summed E-state index contributed by atoms with van der Waals surface area (Å²) in [6, 6.07) is 7.46. The lowest BCUT2D eigenvalue weighted by Crippen LogP contribution is -2.57. The van der Waals surface area contributed by atoms with Crippen molar-refractivity contribution in [3.8, 4) is 0 Å². The van der Waals surface area contributed by atoms with Crippen molar-refractivity contribution in [1.29, 1.82) is 0 Å². The molecule has 0 aliphatic carbocycles. The standard InChI is InChI=1S/C23H30N4O3/c28-22-19-9-14-27(23(29)21-6-5-15-30-21)17-20(19)26(13-4-2-1-3-10-25-22)16-18-7-11-24-12-8-18/h5-8,11-12,15,19-20H,1-4,9-10,13-14,16-17H2,(H,25,28)/t19-,20-/m1/s1. The molecule has 160 valence electrons. The molecule has 0 radical (unpaired) electrons. The lowest BCUT2D eigenvalue weighted by molar-refractivity contribution is -0.129. The molecule has 4 heterocycles. The van der Waals surface area contributed by atoms with Gasteiger partial charge < -0.3 is 14.6 Å². The van der Waals surface area contributed by atoms with E-state index < -0.39 is 0 Å². The third-order valence-electron chi connectivity index (χ3n) is 6.21. The molecular formula is C23H30N4O3. The maximum absolute atomic E-state index is 13.0. The van der Waals surface area contributed by atoms with Crippen molar-refractivity contribution in [3.05, 3.63) is 54.2 Å². The summed E-state index contributed by atoms with van der Waals surface area (Å²) in [5.74, 6) is 0.254. The van der Waals surface area contributed by atoms with Gasteiger partial charge in [-0.15, -0.1) is 0 Å². The first-order valence-electron chi connectivity index (χ1n) is 11.0. The van der Waals surface area contributed by atoms with Crippen molar-refractivity contribution < 1.29 is 14.0 Å². The molecule has 2 aliphatic heterocycles. The summed E-state index contributed by atoms with van der Waals surface area (Å²) in [6.45, 7) is 3.50. The number of amides is 2. The second kappa shape index (κ2) is 9.89. The number of nitrogens with one attached hydrogen (secondary N) is 1. The van der Waals surface area contributed by atoms with Crippen molar-refractivity contribution >= 4 is 11.8 Å². The van der Waals surface area contributed by atoms with Crippen LogP contribution < -0.4 is 5.32 Å². The van der Waals surface area contributed by atoms with Crippen LogP contribution in [0.3, 0.4) is 0 Å². The van der Waals surface area contributed by atoms with Crippen molar-refractivity contribution in [2.45, 2.75) is 44.7 Å². The molecule has 0 aromatic carbocycles. The number of fused-ring (bicyclic) bond motifs is 1. The van der Waals surface area contributed by atoms with Gasteiger partial charge in [0.2, 0.25) is 5.91 Å². The Morgan fingerprint density at radius 1 is 1.13 bits per heavy atom. The van der Waals surface area contributed by atoms with Crippen molar-refractivity contribution in [3.63, 3.8) is 0 Å². The normalized spacial score (nSPS) is 23.9. The fourth-order valence-corrected chi connectivity index (χ4v) is 4.57. The molecule has 2 aromatic rings. The van der Waals surface area contributed by atoms with Crippen LogP contribution in [0.1, 0.15) is 48.2 Å². The Morgan fingerprint density at radius 3 is 2.77 bits per heavy atom. The second-order valence-corrected chi connectivity index (χ2v) is 8.22. The number of hydrogen-bond acceptors (Lipinski definition) is 5. The first-order valence-corrected chi connectivity index (χ1v) is 11.0. The Labute approximate surface area is 177 Å². The molecule has 0 bridgehead atoms. The zero-order valence-electron chi connectivity index (χ0n) is 17.3. The number of carbonyl (C=O) groups is 2. The predicted molar refractivity (Wildman–Crippen MR) is 113 cm³/mol. The molecule has 30 heavy (non-hydrogen) atoms. The van der Waals surface area contributed by atoms with Gasteiger partial charge in [0.1, 0.15) is 0 Å². The van der Waals surface area contributed by atoms with E-state index in [1.165, 1.54) is 11.8 Å². The number of piperidine rings is 1. The molecule has 2 saturated heterocycles. The van der Waals surface area contributed by atoms with E-state index in [9.17, 15) is 9.59 Å². The third-order valence-corrected chi connectivity index (χ3v) is 6.21. The Kier molecular flexibility index (Phi) is 6.79. The first kappa shape index (κ1) is 20.6. The fourth-order valence-electron chi connectivity index (χ4n) is 4.57. The van der Waals surface area contributed by atoms with Crippen LogP contribution in [0.15, 0.2) is 47.3 Å². The summed E-state index contributed by atoms with van der Waals surface area (Å²) in [6.07, 6.45) is 10.2. The monoisotopic (exact) mass is 410 g/mol. The number of rotatable bonds is 3. The quantitative estimate of drug-likeness (QED) is 0.842. The lowest BCUT2D eigenvalue weighted by Gasteiger charge is -2.43. The van der Waals surface area contributed by atoms with Gasteiger partial charge in [0.15, 0.2) is 5.76 Å². The average molecular weight is 411 g/mol. The average Bonchev–Trinajstić information content (AvgIpc) is 3.31. The van der Waals surface area contributed by atoms with Crippen LogP contribution in [0.25, 0.3) is 0 Å². The van der Waals surface area contributed by atoms with Gasteiger partial charge in [-0.2, -0.15) is 0 Å². The highest BCUT2D eigenvalue weighted by molar-refractivity contribution is 5.91. The molecule has 0 unspecified atom stereocenters. The van der Waals surface area contributed by atoms with Crippen LogP contribution in [-0.2, 0) is 11.3 Å². The zero-order valence-corrected chi connectivity index (χ0v) is 17.3. The minimum atomic E-state index is -0.120. The Bertz CT molecular complexity index is 824. The van der Waals surface area contributed by atoms with E-state index in [0.717, 1.165) is 45.3 Å². The lowest BCUT2D eigenvalue weighted by atomic mass is 9.88. The molecule has 2 amide bonds. The topological polar surface area (TPSA) is 78.7 Å². The van der Waals surface area contributed by atoms with E-state index >= 15 is 0 Å². The molecule has 2 aliphatic rings. The van der Waals surface area contributed by atoms with Gasteiger partial charge in [-0.25, -0.2) is 0 Å². The Balaban J connectivity index is 1.58. The number of likely N-dealkylation sites (tertiary alicyclic amines) is 1. The van der Waals surface area contributed by atoms with Gasteiger partial charge in [0.25, 0.3) is 5.91 Å². The molecule has 2 fully saturated rings. The predicted octanol–water partition coefficient (Wildman–Crippen LogP) is 2.70. The van der Waals surface area contributed by atoms with Crippen LogP contribution in [0.5, 0.6) is 0 Å². The first-order chi connectivity index (χ1) is 14.7. The number of carbonyl (C=O) groups excluding carboxylic acids is 2. The molecule has 2 atom stereocenters. The summed E-state index contributed by atoms with van der Waals surface area (Å²) in [4.78, 5) is 34.3. The Morgan fingerprint density at radius 2 is 1.97 bits per heavy atom. The van der Waals surface area contributed by atoms with Gasteiger partial charge in [-0.3, -0.25) is 19.5 Å². The highest BCUT2D eigenvalue weighted by Crippen LogP contribution is 2.27. The number of hydrogen-bond donors (Lipinski definition) is 1. The molecule has 7 heteroatoms. The van der Waals surface area contributed by atoms with E-state index in [2.05, 4.69) is 15.2 Å². The maximum atomic E-state index is 13.0. The van der Waals surface area contributed by atoms with Crippen LogP contribution in [-0.4, -0.2) is 58.8 Å². The molecule has 0 spiro atoms. The smallest absolute Gasteiger partial charge is 0.289 e. The SMILES string of the molecule is O=C1NCCCCCCN(Cc2ccncc2)[C@@H]2CN(C(=O)c3ccco3)CC[C@@H]12. The minimum absolute atomic E-state index is 0.0241. The maximum Gasteiger partial charge on any atom is 0.289 e. The van der Waals surface area contributed by atoms with E-state index in [1.54, 1.807) is 24.5 Å². The van der Waals surface area contributed by atoms with Crippen LogP contribution in [0, 0.1) is 5.92 Å². The van der Waals surface area contributed by atoms with Crippen LogP contribution >= 0.6 is 0 Å². The van der Waals surface area contributed by atoms with Crippen LogP contribution in [0.2, 0.25) is 0 Å². The van der Waals surface area contributed by atoms with Crippen molar-refractivity contribution in [2.24, 2.45) is 5.92 Å². The van der Waals surface area contributed by atoms with Gasteiger partial charge in [0, 0.05) is 44.6 Å².